The number of carbonyl (C=O) groups is 2. The van der Waals surface area contributed by atoms with Crippen LogP contribution in [0.15, 0.2) is 54.6 Å². The molecule has 1 aliphatic rings. The Labute approximate surface area is 176 Å². The zero-order chi connectivity index (χ0) is 21.5. The predicted molar refractivity (Wildman–Crippen MR) is 117 cm³/mol. The van der Waals surface area contributed by atoms with Crippen molar-refractivity contribution in [2.45, 2.75) is 38.3 Å². The monoisotopic (exact) mass is 408 g/mol. The Bertz CT molecular complexity index is 904. The van der Waals surface area contributed by atoms with Crippen LogP contribution in [0.25, 0.3) is 5.57 Å². The zero-order valence-corrected chi connectivity index (χ0v) is 17.2. The van der Waals surface area contributed by atoms with Crippen LogP contribution < -0.4 is 10.2 Å². The number of hydrogen-bond acceptors (Lipinski definition) is 4. The molecule has 0 heterocycles. The van der Waals surface area contributed by atoms with Gasteiger partial charge in [-0.25, -0.2) is 4.79 Å². The van der Waals surface area contributed by atoms with E-state index < -0.39 is 18.0 Å². The Morgan fingerprint density at radius 1 is 1.07 bits per heavy atom. The largest absolute Gasteiger partial charge is 0.479 e. The van der Waals surface area contributed by atoms with E-state index in [9.17, 15) is 14.7 Å². The number of aliphatic hydroxyl groups excluding tert-OH is 1. The number of aliphatic hydroxyl groups is 1. The normalized spacial score (nSPS) is 14.5. The van der Waals surface area contributed by atoms with Gasteiger partial charge in [0, 0.05) is 24.8 Å². The van der Waals surface area contributed by atoms with Gasteiger partial charge < -0.3 is 20.4 Å². The predicted octanol–water partition coefficient (Wildman–Crippen LogP) is 3.46. The fourth-order valence-electron chi connectivity index (χ4n) is 3.54. The molecule has 2 aromatic carbocycles. The Balaban J connectivity index is 1.56. The van der Waals surface area contributed by atoms with Gasteiger partial charge in [-0.15, -0.1) is 0 Å². The first kappa shape index (κ1) is 21.6. The minimum Gasteiger partial charge on any atom is -0.479 e. The fourth-order valence-corrected chi connectivity index (χ4v) is 3.54. The van der Waals surface area contributed by atoms with Gasteiger partial charge in [-0.3, -0.25) is 4.79 Å². The number of rotatable bonds is 8. The number of carboxylic acid groups (broad SMARTS) is 1. The smallest absolute Gasteiger partial charge is 0.334 e. The summed E-state index contributed by atoms with van der Waals surface area (Å²) in [5.41, 5.74) is 5.35. The molecule has 1 aliphatic carbocycles. The number of allylic oxidation sites excluding steroid dienone is 2. The molecule has 2 aromatic rings. The standard InChI is InChI=1S/C24H28N2O4/c1-26(21-13-11-19(12-14-21)18-5-3-2-4-6-18)16-17-7-9-20(10-8-17)23(28)25-15-22(27)24(29)30/h5,7-14,22,27H,2-4,6,15-16H2,1H3,(H,25,28)(H,29,30). The van der Waals surface area contributed by atoms with Crippen LogP contribution in [0.2, 0.25) is 0 Å². The summed E-state index contributed by atoms with van der Waals surface area (Å²) in [6.07, 6.45) is 5.62. The molecular weight excluding hydrogens is 380 g/mol. The van der Waals surface area contributed by atoms with Gasteiger partial charge in [0.2, 0.25) is 0 Å². The van der Waals surface area contributed by atoms with Crippen molar-refractivity contribution in [3.05, 3.63) is 71.3 Å². The van der Waals surface area contributed by atoms with Crippen LogP contribution in [0.1, 0.15) is 47.2 Å². The summed E-state index contributed by atoms with van der Waals surface area (Å²) in [5.74, 6) is -1.78. The van der Waals surface area contributed by atoms with Crippen molar-refractivity contribution in [1.82, 2.24) is 5.32 Å². The number of anilines is 1. The van der Waals surface area contributed by atoms with Crippen LogP contribution in [0, 0.1) is 0 Å². The third-order valence-corrected chi connectivity index (χ3v) is 5.35. The molecule has 0 saturated heterocycles. The van der Waals surface area contributed by atoms with E-state index in [1.807, 2.05) is 19.2 Å². The Kier molecular flexibility index (Phi) is 7.25. The van der Waals surface area contributed by atoms with E-state index in [4.69, 9.17) is 5.11 Å². The molecule has 3 N–H and O–H groups in total. The number of nitrogens with zero attached hydrogens (tertiary/aromatic N) is 1. The lowest BCUT2D eigenvalue weighted by Gasteiger charge is -2.21. The average Bonchev–Trinajstić information content (AvgIpc) is 2.78. The lowest BCUT2D eigenvalue weighted by molar-refractivity contribution is -0.146. The Hall–Kier alpha value is -3.12. The Morgan fingerprint density at radius 3 is 2.37 bits per heavy atom. The van der Waals surface area contributed by atoms with E-state index in [1.165, 1.54) is 30.4 Å². The van der Waals surface area contributed by atoms with Crippen LogP contribution in [0.3, 0.4) is 0 Å². The summed E-state index contributed by atoms with van der Waals surface area (Å²) in [7, 11) is 2.03. The first-order valence-electron chi connectivity index (χ1n) is 10.2. The highest BCUT2D eigenvalue weighted by molar-refractivity contribution is 5.94. The molecule has 1 atom stereocenters. The van der Waals surface area contributed by atoms with Gasteiger partial charge in [0.1, 0.15) is 0 Å². The summed E-state index contributed by atoms with van der Waals surface area (Å²) in [5, 5.41) is 20.3. The molecule has 1 unspecified atom stereocenters. The van der Waals surface area contributed by atoms with Crippen molar-refractivity contribution in [3.63, 3.8) is 0 Å². The van der Waals surface area contributed by atoms with E-state index >= 15 is 0 Å². The van der Waals surface area contributed by atoms with Crippen molar-refractivity contribution >= 4 is 23.1 Å². The minimum atomic E-state index is -1.61. The summed E-state index contributed by atoms with van der Waals surface area (Å²) >= 11 is 0. The maximum absolute atomic E-state index is 12.1. The molecule has 0 bridgehead atoms. The molecule has 158 valence electrons. The van der Waals surface area contributed by atoms with Gasteiger partial charge in [-0.2, -0.15) is 0 Å². The van der Waals surface area contributed by atoms with Crippen LogP contribution in [-0.2, 0) is 11.3 Å². The van der Waals surface area contributed by atoms with Crippen molar-refractivity contribution < 1.29 is 19.8 Å². The SMILES string of the molecule is CN(Cc1ccc(C(=O)NCC(O)C(=O)O)cc1)c1ccc(C2=CCCCC2)cc1. The Morgan fingerprint density at radius 2 is 1.77 bits per heavy atom. The van der Waals surface area contributed by atoms with Gasteiger partial charge in [-0.05, 0) is 66.6 Å². The van der Waals surface area contributed by atoms with Gasteiger partial charge >= 0.3 is 5.97 Å². The molecule has 30 heavy (non-hydrogen) atoms. The second-order valence-corrected chi connectivity index (χ2v) is 7.64. The molecule has 0 radical (unpaired) electrons. The number of carbonyl (C=O) groups excluding carboxylic acids is 1. The van der Waals surface area contributed by atoms with E-state index in [1.54, 1.807) is 12.1 Å². The summed E-state index contributed by atoms with van der Waals surface area (Å²) in [4.78, 5) is 24.8. The summed E-state index contributed by atoms with van der Waals surface area (Å²) in [6, 6.07) is 15.8. The molecule has 1 amide bonds. The highest BCUT2D eigenvalue weighted by Crippen LogP contribution is 2.28. The molecular formula is C24H28N2O4. The first-order chi connectivity index (χ1) is 14.4. The highest BCUT2D eigenvalue weighted by Gasteiger charge is 2.15. The molecule has 0 aliphatic heterocycles. The van der Waals surface area contributed by atoms with E-state index in [-0.39, 0.29) is 6.54 Å². The van der Waals surface area contributed by atoms with Crippen molar-refractivity contribution in [3.8, 4) is 0 Å². The van der Waals surface area contributed by atoms with Gasteiger partial charge in [-0.1, -0.05) is 30.3 Å². The third kappa shape index (κ3) is 5.70. The van der Waals surface area contributed by atoms with Crippen molar-refractivity contribution in [2.24, 2.45) is 0 Å². The zero-order valence-electron chi connectivity index (χ0n) is 17.2. The number of nitrogens with one attached hydrogen (secondary N) is 1. The second kappa shape index (κ2) is 10.1. The highest BCUT2D eigenvalue weighted by atomic mass is 16.4. The number of aliphatic carboxylic acids is 1. The lowest BCUT2D eigenvalue weighted by Crippen LogP contribution is -2.36. The van der Waals surface area contributed by atoms with Crippen LogP contribution in [-0.4, -0.2) is 41.8 Å². The van der Waals surface area contributed by atoms with E-state index in [0.29, 0.717) is 12.1 Å². The molecule has 0 spiro atoms. The van der Waals surface area contributed by atoms with Gasteiger partial charge in [0.05, 0.1) is 6.54 Å². The summed E-state index contributed by atoms with van der Waals surface area (Å²) < 4.78 is 0. The quantitative estimate of drug-likeness (QED) is 0.622. The third-order valence-electron chi connectivity index (χ3n) is 5.35. The topological polar surface area (TPSA) is 89.9 Å². The average molecular weight is 408 g/mol. The first-order valence-corrected chi connectivity index (χ1v) is 10.2. The van der Waals surface area contributed by atoms with E-state index in [2.05, 4.69) is 40.6 Å². The summed E-state index contributed by atoms with van der Waals surface area (Å²) in [6.45, 7) is 0.368. The maximum atomic E-state index is 12.1. The van der Waals surface area contributed by atoms with Crippen molar-refractivity contribution in [2.75, 3.05) is 18.5 Å². The molecule has 0 fully saturated rings. The van der Waals surface area contributed by atoms with Gasteiger partial charge in [0.15, 0.2) is 6.10 Å². The van der Waals surface area contributed by atoms with E-state index in [0.717, 1.165) is 17.7 Å². The maximum Gasteiger partial charge on any atom is 0.334 e. The fraction of sp³-hybridized carbons (Fsp3) is 0.333. The van der Waals surface area contributed by atoms with Crippen LogP contribution in [0.5, 0.6) is 0 Å². The molecule has 3 rings (SSSR count). The molecule has 0 saturated carbocycles. The van der Waals surface area contributed by atoms with Crippen LogP contribution in [0.4, 0.5) is 5.69 Å². The lowest BCUT2D eigenvalue weighted by atomic mass is 9.93. The second-order valence-electron chi connectivity index (χ2n) is 7.64. The number of hydrogen-bond donors (Lipinski definition) is 3. The number of carboxylic acids is 1. The van der Waals surface area contributed by atoms with Crippen molar-refractivity contribution in [1.29, 1.82) is 0 Å². The molecule has 0 aromatic heterocycles. The minimum absolute atomic E-state index is 0.328. The molecule has 6 nitrogen and oxygen atoms in total. The molecule has 6 heteroatoms. The number of benzene rings is 2. The van der Waals surface area contributed by atoms with Crippen LogP contribution >= 0.6 is 0 Å². The van der Waals surface area contributed by atoms with Gasteiger partial charge in [0.25, 0.3) is 5.91 Å². The number of amides is 1.